The Morgan fingerprint density at radius 3 is 2.39 bits per heavy atom. The lowest BCUT2D eigenvalue weighted by Crippen LogP contribution is -2.03. The van der Waals surface area contributed by atoms with Gasteiger partial charge in [0.1, 0.15) is 11.8 Å². The van der Waals surface area contributed by atoms with E-state index in [0.717, 1.165) is 17.1 Å². The van der Waals surface area contributed by atoms with Crippen LogP contribution in [0.25, 0.3) is 0 Å². The number of nitrogens with zero attached hydrogens (tertiary/aromatic N) is 2. The van der Waals surface area contributed by atoms with E-state index in [2.05, 4.69) is 52.9 Å². The van der Waals surface area contributed by atoms with E-state index in [9.17, 15) is 0 Å². The van der Waals surface area contributed by atoms with Gasteiger partial charge in [-0.3, -0.25) is 0 Å². The maximum Gasteiger partial charge on any atom is 0.125 e. The van der Waals surface area contributed by atoms with Crippen LogP contribution in [-0.2, 0) is 24.5 Å². The average Bonchev–Trinajstić information content (AvgIpc) is 2.99. The normalized spacial score (nSPS) is 10.8. The Morgan fingerprint density at radius 1 is 1.00 bits per heavy atom. The van der Waals surface area contributed by atoms with E-state index in [-0.39, 0.29) is 0 Å². The molecule has 0 unspecified atom stereocenters. The second-order valence-corrected chi connectivity index (χ2v) is 6.26. The zero-order valence-electron chi connectivity index (χ0n) is 13.2. The molecule has 1 heterocycles. The minimum atomic E-state index is 0.511. The van der Waals surface area contributed by atoms with Crippen molar-refractivity contribution in [3.05, 3.63) is 78.2 Å². The van der Waals surface area contributed by atoms with E-state index < -0.39 is 0 Å². The summed E-state index contributed by atoms with van der Waals surface area (Å²) in [5.74, 6) is 0. The van der Waals surface area contributed by atoms with Crippen LogP contribution in [0.3, 0.4) is 0 Å². The fraction of sp³-hybridized carbons (Fsp3) is 0.211. The second kappa shape index (κ2) is 7.99. The summed E-state index contributed by atoms with van der Waals surface area (Å²) in [5.41, 5.74) is 2.29. The molecule has 3 rings (SSSR count). The third-order valence-electron chi connectivity index (χ3n) is 3.50. The van der Waals surface area contributed by atoms with Crippen molar-refractivity contribution in [2.75, 3.05) is 0 Å². The summed E-state index contributed by atoms with van der Waals surface area (Å²) in [7, 11) is 0. The van der Waals surface area contributed by atoms with E-state index in [4.69, 9.17) is 4.74 Å². The molecule has 4 heteroatoms. The zero-order chi connectivity index (χ0) is 15.9. The quantitative estimate of drug-likeness (QED) is 0.626. The molecule has 118 valence electrons. The Balaban J connectivity index is 1.68. The van der Waals surface area contributed by atoms with Gasteiger partial charge in [0.2, 0.25) is 0 Å². The molecular formula is C19H20N2OS. The highest BCUT2D eigenvalue weighted by molar-refractivity contribution is 7.99. The number of hydrogen-bond donors (Lipinski definition) is 0. The van der Waals surface area contributed by atoms with Crippen molar-refractivity contribution >= 4 is 11.8 Å². The van der Waals surface area contributed by atoms with Crippen LogP contribution in [0.4, 0.5) is 0 Å². The Labute approximate surface area is 141 Å². The molecule has 0 saturated heterocycles. The molecule has 1 aromatic heterocycles. The molecule has 3 nitrogen and oxygen atoms in total. The summed E-state index contributed by atoms with van der Waals surface area (Å²) >= 11 is 1.74. The van der Waals surface area contributed by atoms with Gasteiger partial charge < -0.3 is 9.30 Å². The standard InChI is InChI=1S/C19H20N2OS/c1-2-18-19(23-17-11-7-4-8-12-17)21(14-20-18)15-22-13-16-9-5-3-6-10-16/h3-12,14H,2,13,15H2,1H3. The third-order valence-corrected chi connectivity index (χ3v) is 4.67. The number of imidazole rings is 1. The second-order valence-electron chi connectivity index (χ2n) is 5.20. The van der Waals surface area contributed by atoms with Crippen LogP contribution in [-0.4, -0.2) is 9.55 Å². The smallest absolute Gasteiger partial charge is 0.125 e. The first-order valence-corrected chi connectivity index (χ1v) is 8.57. The number of aryl methyl sites for hydroxylation is 1. The average molecular weight is 324 g/mol. The minimum Gasteiger partial charge on any atom is -0.356 e. The van der Waals surface area contributed by atoms with Crippen molar-refractivity contribution in [2.45, 2.75) is 36.6 Å². The summed E-state index contributed by atoms with van der Waals surface area (Å²) in [5, 5.41) is 1.16. The molecule has 0 saturated carbocycles. The molecule has 0 spiro atoms. The summed E-state index contributed by atoms with van der Waals surface area (Å²) in [4.78, 5) is 5.73. The van der Waals surface area contributed by atoms with Gasteiger partial charge in [0, 0.05) is 4.90 Å². The van der Waals surface area contributed by atoms with Crippen molar-refractivity contribution in [3.8, 4) is 0 Å². The van der Waals surface area contributed by atoms with Crippen LogP contribution in [0, 0.1) is 0 Å². The van der Waals surface area contributed by atoms with E-state index in [1.807, 2.05) is 30.6 Å². The third kappa shape index (κ3) is 4.24. The molecule has 0 aliphatic carbocycles. The van der Waals surface area contributed by atoms with E-state index in [1.54, 1.807) is 11.8 Å². The molecule has 0 N–H and O–H groups in total. The van der Waals surface area contributed by atoms with Crippen LogP contribution in [0.15, 0.2) is 76.9 Å². The Morgan fingerprint density at radius 2 is 1.70 bits per heavy atom. The van der Waals surface area contributed by atoms with Gasteiger partial charge in [-0.1, -0.05) is 67.2 Å². The predicted octanol–water partition coefficient (Wildman–Crippen LogP) is 4.77. The van der Waals surface area contributed by atoms with E-state index in [1.165, 1.54) is 10.5 Å². The van der Waals surface area contributed by atoms with Crippen LogP contribution < -0.4 is 0 Å². The Kier molecular flexibility index (Phi) is 5.51. The van der Waals surface area contributed by atoms with E-state index >= 15 is 0 Å². The van der Waals surface area contributed by atoms with Gasteiger partial charge in [-0.25, -0.2) is 4.98 Å². The van der Waals surface area contributed by atoms with Crippen molar-refractivity contribution in [1.82, 2.24) is 9.55 Å². The lowest BCUT2D eigenvalue weighted by Gasteiger charge is -2.10. The first kappa shape index (κ1) is 15.8. The lowest BCUT2D eigenvalue weighted by molar-refractivity contribution is 0.0590. The van der Waals surface area contributed by atoms with Gasteiger partial charge in [-0.2, -0.15) is 0 Å². The van der Waals surface area contributed by atoms with Crippen LogP contribution in [0.5, 0.6) is 0 Å². The zero-order valence-corrected chi connectivity index (χ0v) is 14.0. The summed E-state index contributed by atoms with van der Waals surface area (Å²) in [6, 6.07) is 20.6. The maximum atomic E-state index is 5.85. The molecule has 0 aliphatic heterocycles. The number of aromatic nitrogens is 2. The highest BCUT2D eigenvalue weighted by Crippen LogP contribution is 2.30. The molecule has 0 amide bonds. The Hall–Kier alpha value is -2.04. The summed E-state index contributed by atoms with van der Waals surface area (Å²) in [6.45, 7) is 3.25. The predicted molar refractivity (Wildman–Crippen MR) is 93.4 cm³/mol. The molecule has 3 aromatic rings. The fourth-order valence-electron chi connectivity index (χ4n) is 2.30. The van der Waals surface area contributed by atoms with Crippen molar-refractivity contribution in [3.63, 3.8) is 0 Å². The monoisotopic (exact) mass is 324 g/mol. The van der Waals surface area contributed by atoms with Gasteiger partial charge >= 0.3 is 0 Å². The SMILES string of the molecule is CCc1ncn(COCc2ccccc2)c1Sc1ccccc1. The number of hydrogen-bond acceptors (Lipinski definition) is 3. The molecule has 2 aromatic carbocycles. The molecule has 0 bridgehead atoms. The largest absolute Gasteiger partial charge is 0.356 e. The van der Waals surface area contributed by atoms with Crippen LogP contribution in [0.1, 0.15) is 18.2 Å². The van der Waals surface area contributed by atoms with Gasteiger partial charge in [0.25, 0.3) is 0 Å². The van der Waals surface area contributed by atoms with Crippen LogP contribution in [0.2, 0.25) is 0 Å². The summed E-state index contributed by atoms with van der Waals surface area (Å²) in [6.07, 6.45) is 2.79. The highest BCUT2D eigenvalue weighted by Gasteiger charge is 2.11. The van der Waals surface area contributed by atoms with Gasteiger partial charge in [-0.15, -0.1) is 0 Å². The number of benzene rings is 2. The maximum absolute atomic E-state index is 5.85. The molecule has 0 radical (unpaired) electrons. The minimum absolute atomic E-state index is 0.511. The Bertz CT molecular complexity index is 726. The molecule has 0 aliphatic rings. The van der Waals surface area contributed by atoms with E-state index in [0.29, 0.717) is 13.3 Å². The van der Waals surface area contributed by atoms with Crippen molar-refractivity contribution in [1.29, 1.82) is 0 Å². The molecule has 0 fully saturated rings. The lowest BCUT2D eigenvalue weighted by atomic mass is 10.2. The fourth-order valence-corrected chi connectivity index (χ4v) is 3.35. The molecule has 23 heavy (non-hydrogen) atoms. The number of rotatable bonds is 7. The highest BCUT2D eigenvalue weighted by atomic mass is 32.2. The van der Waals surface area contributed by atoms with Gasteiger partial charge in [0.05, 0.1) is 18.6 Å². The first-order chi connectivity index (χ1) is 11.4. The van der Waals surface area contributed by atoms with Gasteiger partial charge in [0.15, 0.2) is 0 Å². The van der Waals surface area contributed by atoms with Gasteiger partial charge in [-0.05, 0) is 24.1 Å². The van der Waals surface area contributed by atoms with Crippen LogP contribution >= 0.6 is 11.8 Å². The molecular weight excluding hydrogens is 304 g/mol. The molecule has 0 atom stereocenters. The van der Waals surface area contributed by atoms with Crippen molar-refractivity contribution in [2.24, 2.45) is 0 Å². The topological polar surface area (TPSA) is 27.1 Å². The summed E-state index contributed by atoms with van der Waals surface area (Å²) < 4.78 is 7.93. The number of ether oxygens (including phenoxy) is 1. The first-order valence-electron chi connectivity index (χ1n) is 7.75. The van der Waals surface area contributed by atoms with Crippen molar-refractivity contribution < 1.29 is 4.74 Å².